The lowest BCUT2D eigenvalue weighted by atomic mass is 10.2. The zero-order valence-corrected chi connectivity index (χ0v) is 12.0. The highest BCUT2D eigenvalue weighted by atomic mass is 16.7. The SMILES string of the molecule is c1nn(C2CCCCO2)cc1CCOC1CCCCO1. The van der Waals surface area contributed by atoms with Crippen LogP contribution in [0.1, 0.15) is 50.3 Å². The minimum Gasteiger partial charge on any atom is -0.357 e. The molecular weight excluding hydrogens is 256 g/mol. The van der Waals surface area contributed by atoms with Crippen molar-refractivity contribution in [1.29, 1.82) is 0 Å². The summed E-state index contributed by atoms with van der Waals surface area (Å²) in [4.78, 5) is 0. The number of hydrogen-bond acceptors (Lipinski definition) is 4. The molecule has 112 valence electrons. The second-order valence-corrected chi connectivity index (χ2v) is 5.57. The highest BCUT2D eigenvalue weighted by molar-refractivity contribution is 5.04. The fourth-order valence-electron chi connectivity index (χ4n) is 2.75. The fraction of sp³-hybridized carbons (Fsp3) is 0.800. The van der Waals surface area contributed by atoms with Crippen LogP contribution >= 0.6 is 0 Å². The van der Waals surface area contributed by atoms with Crippen LogP contribution in [0, 0.1) is 0 Å². The number of aromatic nitrogens is 2. The van der Waals surface area contributed by atoms with Crippen molar-refractivity contribution in [3.8, 4) is 0 Å². The average Bonchev–Trinajstić information content (AvgIpc) is 2.98. The predicted octanol–water partition coefficient (Wildman–Crippen LogP) is 2.67. The average molecular weight is 280 g/mol. The molecule has 0 aromatic carbocycles. The minimum absolute atomic E-state index is 0.000438. The van der Waals surface area contributed by atoms with E-state index in [4.69, 9.17) is 14.2 Å². The molecule has 20 heavy (non-hydrogen) atoms. The van der Waals surface area contributed by atoms with E-state index in [0.717, 1.165) is 38.9 Å². The van der Waals surface area contributed by atoms with Crippen molar-refractivity contribution in [3.63, 3.8) is 0 Å². The highest BCUT2D eigenvalue weighted by Crippen LogP contribution is 2.22. The smallest absolute Gasteiger partial charge is 0.157 e. The maximum Gasteiger partial charge on any atom is 0.157 e. The lowest BCUT2D eigenvalue weighted by molar-refractivity contribution is -0.161. The number of rotatable bonds is 5. The Morgan fingerprint density at radius 3 is 2.75 bits per heavy atom. The Bertz CT molecular complexity index is 396. The van der Waals surface area contributed by atoms with E-state index in [0.29, 0.717) is 6.61 Å². The maximum atomic E-state index is 5.75. The molecule has 3 heterocycles. The normalized spacial score (nSPS) is 27.6. The third kappa shape index (κ3) is 3.81. The van der Waals surface area contributed by atoms with Gasteiger partial charge in [0.05, 0.1) is 12.8 Å². The molecule has 0 radical (unpaired) electrons. The van der Waals surface area contributed by atoms with Crippen LogP contribution in [0.3, 0.4) is 0 Å². The van der Waals surface area contributed by atoms with Crippen molar-refractivity contribution in [2.24, 2.45) is 0 Å². The first-order valence-electron chi connectivity index (χ1n) is 7.80. The van der Waals surface area contributed by atoms with E-state index in [9.17, 15) is 0 Å². The molecular formula is C15H24N2O3. The fourth-order valence-corrected chi connectivity index (χ4v) is 2.75. The quantitative estimate of drug-likeness (QED) is 0.832. The van der Waals surface area contributed by atoms with Gasteiger partial charge >= 0.3 is 0 Å². The Balaban J connectivity index is 1.42. The van der Waals surface area contributed by atoms with Gasteiger partial charge in [-0.15, -0.1) is 0 Å². The summed E-state index contributed by atoms with van der Waals surface area (Å²) in [5.41, 5.74) is 1.20. The molecule has 0 bridgehead atoms. The molecule has 0 amide bonds. The molecule has 2 atom stereocenters. The first-order valence-corrected chi connectivity index (χ1v) is 7.80. The van der Waals surface area contributed by atoms with Crippen molar-refractivity contribution in [2.45, 2.75) is 57.5 Å². The summed E-state index contributed by atoms with van der Waals surface area (Å²) in [6.45, 7) is 2.38. The Labute approximate surface area is 120 Å². The van der Waals surface area contributed by atoms with Crippen LogP contribution < -0.4 is 0 Å². The van der Waals surface area contributed by atoms with Crippen molar-refractivity contribution >= 4 is 0 Å². The molecule has 0 spiro atoms. The second-order valence-electron chi connectivity index (χ2n) is 5.57. The van der Waals surface area contributed by atoms with Gasteiger partial charge in [-0.1, -0.05) is 0 Å². The van der Waals surface area contributed by atoms with Gasteiger partial charge in [-0.05, 0) is 50.5 Å². The standard InChI is InChI=1S/C15H24N2O3/c1-3-8-18-14(5-1)17-12-13(11-16-17)7-10-20-15-6-2-4-9-19-15/h11-12,14-15H,1-10H2. The largest absolute Gasteiger partial charge is 0.357 e. The van der Waals surface area contributed by atoms with Gasteiger partial charge in [0.2, 0.25) is 0 Å². The molecule has 0 aliphatic carbocycles. The second kappa shape index (κ2) is 7.20. The molecule has 1 aromatic heterocycles. The van der Waals surface area contributed by atoms with Crippen molar-refractivity contribution < 1.29 is 14.2 Å². The minimum atomic E-state index is 0.000438. The van der Waals surface area contributed by atoms with Crippen molar-refractivity contribution in [3.05, 3.63) is 18.0 Å². The van der Waals surface area contributed by atoms with Gasteiger partial charge in [-0.2, -0.15) is 5.10 Å². The summed E-state index contributed by atoms with van der Waals surface area (Å²) in [7, 11) is 0. The summed E-state index contributed by atoms with van der Waals surface area (Å²) >= 11 is 0. The summed E-state index contributed by atoms with van der Waals surface area (Å²) in [6, 6.07) is 0. The van der Waals surface area contributed by atoms with Crippen LogP contribution in [0.25, 0.3) is 0 Å². The first kappa shape index (κ1) is 14.0. The van der Waals surface area contributed by atoms with Gasteiger partial charge in [-0.3, -0.25) is 0 Å². The van der Waals surface area contributed by atoms with Gasteiger partial charge in [0.15, 0.2) is 6.29 Å². The summed E-state index contributed by atoms with van der Waals surface area (Å²) < 4.78 is 19.0. The molecule has 0 N–H and O–H groups in total. The van der Waals surface area contributed by atoms with Gasteiger partial charge in [-0.25, -0.2) is 4.68 Å². The van der Waals surface area contributed by atoms with Gasteiger partial charge in [0.25, 0.3) is 0 Å². The third-order valence-electron chi connectivity index (χ3n) is 3.94. The van der Waals surface area contributed by atoms with E-state index >= 15 is 0 Å². The van der Waals surface area contributed by atoms with E-state index in [-0.39, 0.29) is 12.5 Å². The summed E-state index contributed by atoms with van der Waals surface area (Å²) in [6.07, 6.45) is 11.9. The third-order valence-corrected chi connectivity index (χ3v) is 3.94. The highest BCUT2D eigenvalue weighted by Gasteiger charge is 2.17. The molecule has 2 unspecified atom stereocenters. The summed E-state index contributed by atoms with van der Waals surface area (Å²) in [5, 5.41) is 4.41. The molecule has 5 nitrogen and oxygen atoms in total. The molecule has 2 saturated heterocycles. The monoisotopic (exact) mass is 280 g/mol. The van der Waals surface area contributed by atoms with E-state index in [1.807, 2.05) is 10.9 Å². The van der Waals surface area contributed by atoms with E-state index in [1.54, 1.807) is 0 Å². The molecule has 0 saturated carbocycles. The number of nitrogens with zero attached hydrogens (tertiary/aromatic N) is 2. The number of hydrogen-bond donors (Lipinski definition) is 0. The molecule has 3 rings (SSSR count). The van der Waals surface area contributed by atoms with E-state index in [2.05, 4.69) is 11.3 Å². The lowest BCUT2D eigenvalue weighted by Gasteiger charge is -2.23. The Morgan fingerprint density at radius 1 is 1.15 bits per heavy atom. The van der Waals surface area contributed by atoms with Crippen LogP contribution in [0.4, 0.5) is 0 Å². The number of ether oxygens (including phenoxy) is 3. The molecule has 5 heteroatoms. The molecule has 2 aliphatic rings. The lowest BCUT2D eigenvalue weighted by Crippen LogP contribution is -2.23. The maximum absolute atomic E-state index is 5.75. The topological polar surface area (TPSA) is 45.5 Å². The van der Waals surface area contributed by atoms with Crippen LogP contribution in [0.15, 0.2) is 12.4 Å². The summed E-state index contributed by atoms with van der Waals surface area (Å²) in [5.74, 6) is 0. The van der Waals surface area contributed by atoms with Crippen LogP contribution in [0.5, 0.6) is 0 Å². The van der Waals surface area contributed by atoms with Crippen molar-refractivity contribution in [2.75, 3.05) is 19.8 Å². The van der Waals surface area contributed by atoms with E-state index in [1.165, 1.54) is 24.8 Å². The zero-order valence-electron chi connectivity index (χ0n) is 12.0. The van der Waals surface area contributed by atoms with Crippen LogP contribution in [0.2, 0.25) is 0 Å². The van der Waals surface area contributed by atoms with Crippen LogP contribution in [-0.4, -0.2) is 35.9 Å². The van der Waals surface area contributed by atoms with Gasteiger partial charge in [0.1, 0.15) is 6.23 Å². The van der Waals surface area contributed by atoms with E-state index < -0.39 is 0 Å². The van der Waals surface area contributed by atoms with Gasteiger partial charge in [0, 0.05) is 19.4 Å². The van der Waals surface area contributed by atoms with Crippen LogP contribution in [-0.2, 0) is 20.6 Å². The Kier molecular flexibility index (Phi) is 5.06. The molecule has 2 fully saturated rings. The first-order chi connectivity index (χ1) is 9.92. The van der Waals surface area contributed by atoms with Gasteiger partial charge < -0.3 is 14.2 Å². The molecule has 2 aliphatic heterocycles. The molecule has 1 aromatic rings. The van der Waals surface area contributed by atoms with Crippen molar-refractivity contribution in [1.82, 2.24) is 9.78 Å². The Hall–Kier alpha value is -0.910. The Morgan fingerprint density at radius 2 is 2.00 bits per heavy atom. The zero-order chi connectivity index (χ0) is 13.6. The predicted molar refractivity (Wildman–Crippen MR) is 74.3 cm³/mol.